The Morgan fingerprint density at radius 2 is 1.70 bits per heavy atom. The van der Waals surface area contributed by atoms with Gasteiger partial charge in [-0.2, -0.15) is 5.26 Å². The van der Waals surface area contributed by atoms with Gasteiger partial charge < -0.3 is 29.9 Å². The maximum atomic E-state index is 10.5. The van der Waals surface area contributed by atoms with Gasteiger partial charge in [-0.25, -0.2) is 0 Å². The van der Waals surface area contributed by atoms with E-state index in [0.717, 1.165) is 17.5 Å². The van der Waals surface area contributed by atoms with Crippen LogP contribution in [-0.4, -0.2) is 58.6 Å². The van der Waals surface area contributed by atoms with Gasteiger partial charge in [0.15, 0.2) is 0 Å². The largest absolute Gasteiger partial charge is 0.496 e. The molecule has 160 valence electrons. The SMILES string of the molecule is CCc1ccc(Cc2cc([C@@H]3O[C@H](CO)[C@@H](O)[C@H](O)[C@H]3O)c(OC)cc2C#N)cc1. The molecule has 0 amide bonds. The number of nitriles is 1. The molecule has 1 heterocycles. The molecule has 30 heavy (non-hydrogen) atoms. The first kappa shape index (κ1) is 22.2. The van der Waals surface area contributed by atoms with Gasteiger partial charge in [0, 0.05) is 5.56 Å². The Labute approximate surface area is 175 Å². The third-order valence-electron chi connectivity index (χ3n) is 5.60. The van der Waals surface area contributed by atoms with Gasteiger partial charge in [0.2, 0.25) is 0 Å². The summed E-state index contributed by atoms with van der Waals surface area (Å²) in [6.45, 7) is 1.57. The van der Waals surface area contributed by atoms with Gasteiger partial charge in [0.1, 0.15) is 36.3 Å². The molecule has 0 bridgehead atoms. The lowest BCUT2D eigenvalue weighted by molar-refractivity contribution is -0.232. The summed E-state index contributed by atoms with van der Waals surface area (Å²) in [6.07, 6.45) is -5.01. The second-order valence-electron chi connectivity index (χ2n) is 7.46. The van der Waals surface area contributed by atoms with E-state index in [1.807, 2.05) is 24.3 Å². The summed E-state index contributed by atoms with van der Waals surface area (Å²) in [5.74, 6) is 0.320. The fourth-order valence-electron chi connectivity index (χ4n) is 3.76. The number of nitrogens with zero attached hydrogens (tertiary/aromatic N) is 1. The Hall–Kier alpha value is -2.47. The first-order valence-electron chi connectivity index (χ1n) is 9.92. The molecule has 1 aliphatic rings. The molecule has 0 saturated carbocycles. The van der Waals surface area contributed by atoms with Gasteiger partial charge in [-0.3, -0.25) is 0 Å². The first-order chi connectivity index (χ1) is 14.4. The molecule has 0 unspecified atom stereocenters. The summed E-state index contributed by atoms with van der Waals surface area (Å²) < 4.78 is 11.1. The number of rotatable bonds is 6. The monoisotopic (exact) mass is 413 g/mol. The van der Waals surface area contributed by atoms with Gasteiger partial charge in [0.25, 0.3) is 0 Å². The molecule has 0 aromatic heterocycles. The second kappa shape index (κ2) is 9.56. The lowest BCUT2D eigenvalue weighted by Crippen LogP contribution is -2.55. The van der Waals surface area contributed by atoms with Crippen LogP contribution in [-0.2, 0) is 17.6 Å². The Bertz CT molecular complexity index is 905. The lowest BCUT2D eigenvalue weighted by atomic mass is 9.88. The van der Waals surface area contributed by atoms with E-state index in [9.17, 15) is 25.7 Å². The van der Waals surface area contributed by atoms with Gasteiger partial charge in [-0.15, -0.1) is 0 Å². The standard InChI is InChI=1S/C23H27NO6/c1-3-13-4-6-14(7-5-13)8-15-9-17(18(29-2)10-16(15)11-24)23-22(28)21(27)20(26)19(12-25)30-23/h4-7,9-10,19-23,25-28H,3,8,12H2,1-2H3/t19-,20-,21+,22-,23+/m1/s1. The number of methoxy groups -OCH3 is 1. The highest BCUT2D eigenvalue weighted by Gasteiger charge is 2.45. The summed E-state index contributed by atoms with van der Waals surface area (Å²) in [5, 5.41) is 49.8. The molecule has 5 atom stereocenters. The predicted molar refractivity (Wildman–Crippen MR) is 109 cm³/mol. The highest BCUT2D eigenvalue weighted by molar-refractivity contribution is 5.51. The number of hydrogen-bond acceptors (Lipinski definition) is 7. The van der Waals surface area contributed by atoms with Crippen LogP contribution in [0.15, 0.2) is 36.4 Å². The molecule has 1 saturated heterocycles. The van der Waals surface area contributed by atoms with E-state index in [0.29, 0.717) is 23.3 Å². The van der Waals surface area contributed by atoms with Gasteiger partial charge >= 0.3 is 0 Å². The molecule has 1 aliphatic heterocycles. The zero-order valence-corrected chi connectivity index (χ0v) is 17.0. The number of aliphatic hydroxyl groups is 4. The topological polar surface area (TPSA) is 123 Å². The van der Waals surface area contributed by atoms with E-state index >= 15 is 0 Å². The fourth-order valence-corrected chi connectivity index (χ4v) is 3.76. The average Bonchev–Trinajstić information content (AvgIpc) is 2.78. The van der Waals surface area contributed by atoms with Crippen molar-refractivity contribution in [2.24, 2.45) is 0 Å². The van der Waals surface area contributed by atoms with Crippen molar-refractivity contribution >= 4 is 0 Å². The fraction of sp³-hybridized carbons (Fsp3) is 0.435. The molecule has 0 spiro atoms. The quantitative estimate of drug-likeness (QED) is 0.562. The first-order valence-corrected chi connectivity index (χ1v) is 9.92. The van der Waals surface area contributed by atoms with Crippen LogP contribution in [0.3, 0.4) is 0 Å². The summed E-state index contributed by atoms with van der Waals surface area (Å²) >= 11 is 0. The Balaban J connectivity index is 2.01. The number of aryl methyl sites for hydroxylation is 1. The Morgan fingerprint density at radius 3 is 2.27 bits per heavy atom. The molecule has 2 aromatic carbocycles. The Morgan fingerprint density at radius 1 is 1.03 bits per heavy atom. The van der Waals surface area contributed by atoms with Crippen LogP contribution in [0.4, 0.5) is 0 Å². The molecule has 2 aromatic rings. The van der Waals surface area contributed by atoms with Crippen LogP contribution in [0.5, 0.6) is 5.75 Å². The summed E-state index contributed by atoms with van der Waals surface area (Å²) in [4.78, 5) is 0. The molecule has 0 aliphatic carbocycles. The molecule has 3 rings (SSSR count). The summed E-state index contributed by atoms with van der Waals surface area (Å²) in [6, 6.07) is 13.6. The maximum Gasteiger partial charge on any atom is 0.126 e. The van der Waals surface area contributed by atoms with Crippen LogP contribution in [0.2, 0.25) is 0 Å². The molecular formula is C23H27NO6. The zero-order chi connectivity index (χ0) is 21.8. The van der Waals surface area contributed by atoms with Crippen molar-refractivity contribution in [1.29, 1.82) is 5.26 Å². The highest BCUT2D eigenvalue weighted by atomic mass is 16.5. The van der Waals surface area contributed by atoms with Crippen LogP contribution < -0.4 is 4.74 Å². The third kappa shape index (κ3) is 4.33. The zero-order valence-electron chi connectivity index (χ0n) is 17.0. The van der Waals surface area contributed by atoms with Crippen molar-refractivity contribution in [2.45, 2.75) is 50.3 Å². The predicted octanol–water partition coefficient (Wildman–Crippen LogP) is 1.23. The van der Waals surface area contributed by atoms with Gasteiger partial charge in [-0.05, 0) is 41.7 Å². The van der Waals surface area contributed by atoms with Crippen LogP contribution >= 0.6 is 0 Å². The van der Waals surface area contributed by atoms with Crippen molar-refractivity contribution in [3.05, 3.63) is 64.2 Å². The average molecular weight is 413 g/mol. The minimum absolute atomic E-state index is 0.320. The maximum absolute atomic E-state index is 10.5. The molecule has 7 heteroatoms. The van der Waals surface area contributed by atoms with Crippen LogP contribution in [0.1, 0.15) is 40.8 Å². The van der Waals surface area contributed by atoms with Crippen LogP contribution in [0, 0.1) is 11.3 Å². The molecule has 7 nitrogen and oxygen atoms in total. The number of aliphatic hydroxyl groups excluding tert-OH is 4. The number of ether oxygens (including phenoxy) is 2. The van der Waals surface area contributed by atoms with Crippen molar-refractivity contribution in [3.8, 4) is 11.8 Å². The normalized spacial score (nSPS) is 26.2. The third-order valence-corrected chi connectivity index (χ3v) is 5.60. The second-order valence-corrected chi connectivity index (χ2v) is 7.46. The summed E-state index contributed by atoms with van der Waals surface area (Å²) in [5.41, 5.74) is 3.83. The summed E-state index contributed by atoms with van der Waals surface area (Å²) in [7, 11) is 1.44. The number of hydrogen-bond donors (Lipinski definition) is 4. The van der Waals surface area contributed by atoms with Crippen LogP contribution in [0.25, 0.3) is 0 Å². The highest BCUT2D eigenvalue weighted by Crippen LogP contribution is 2.38. The van der Waals surface area contributed by atoms with E-state index in [-0.39, 0.29) is 0 Å². The lowest BCUT2D eigenvalue weighted by Gasteiger charge is -2.40. The van der Waals surface area contributed by atoms with Gasteiger partial charge in [0.05, 0.1) is 25.3 Å². The van der Waals surface area contributed by atoms with E-state index in [1.165, 1.54) is 12.7 Å². The van der Waals surface area contributed by atoms with Gasteiger partial charge in [-0.1, -0.05) is 31.2 Å². The molecular weight excluding hydrogens is 386 g/mol. The minimum Gasteiger partial charge on any atom is -0.496 e. The van der Waals surface area contributed by atoms with E-state index in [2.05, 4.69) is 13.0 Å². The van der Waals surface area contributed by atoms with E-state index in [4.69, 9.17) is 9.47 Å². The van der Waals surface area contributed by atoms with E-state index < -0.39 is 37.1 Å². The Kier molecular flexibility index (Phi) is 7.08. The van der Waals surface area contributed by atoms with Crippen molar-refractivity contribution in [3.63, 3.8) is 0 Å². The van der Waals surface area contributed by atoms with Crippen molar-refractivity contribution < 1.29 is 29.9 Å². The van der Waals surface area contributed by atoms with Crippen molar-refractivity contribution in [2.75, 3.05) is 13.7 Å². The number of benzene rings is 2. The molecule has 0 radical (unpaired) electrons. The van der Waals surface area contributed by atoms with E-state index in [1.54, 1.807) is 12.1 Å². The molecule has 1 fully saturated rings. The molecule has 4 N–H and O–H groups in total. The van der Waals surface area contributed by atoms with Crippen molar-refractivity contribution in [1.82, 2.24) is 0 Å². The smallest absolute Gasteiger partial charge is 0.126 e. The minimum atomic E-state index is -1.49.